The van der Waals surface area contributed by atoms with Crippen molar-refractivity contribution in [3.8, 4) is 56.3 Å². The second-order valence-electron chi connectivity index (χ2n) is 20.1. The van der Waals surface area contributed by atoms with Gasteiger partial charge in [-0.3, -0.25) is 4.98 Å². The van der Waals surface area contributed by atoms with Crippen LogP contribution < -0.4 is 0 Å². The van der Waals surface area contributed by atoms with Gasteiger partial charge in [0.1, 0.15) is 33.4 Å². The Morgan fingerprint density at radius 3 is 1.32 bits per heavy atom. The average molecular weight is 974 g/mol. The SMILES string of the molecule is Cc1ccc(-c2nc3c(-c4cccc(-n5c6ccccc6c6cc7c(cc65)oc5ccccc57)c4)cnc(-c4cccc(-n5c6ccccc6c6cc7c(cc65)oc5ccccc57)c4)c3nc2-c2ccc(C)cc2)cc1. The van der Waals surface area contributed by atoms with Crippen molar-refractivity contribution in [2.45, 2.75) is 13.8 Å². The maximum atomic E-state index is 6.49. The van der Waals surface area contributed by atoms with Crippen molar-refractivity contribution in [1.82, 2.24) is 24.1 Å². The number of fused-ring (bicyclic) bond motifs is 13. The van der Waals surface area contributed by atoms with Crippen molar-refractivity contribution in [1.29, 1.82) is 0 Å². The molecule has 10 aromatic carbocycles. The molecule has 0 amide bonds. The number of benzene rings is 10. The number of rotatable bonds is 6. The molecule has 0 aliphatic carbocycles. The minimum atomic E-state index is 0.710. The maximum absolute atomic E-state index is 6.49. The second kappa shape index (κ2) is 16.2. The minimum absolute atomic E-state index is 0.710. The molecule has 356 valence electrons. The first-order chi connectivity index (χ1) is 37.5. The number of hydrogen-bond donors (Lipinski definition) is 0. The van der Waals surface area contributed by atoms with Gasteiger partial charge in [0.05, 0.1) is 39.1 Å². The third kappa shape index (κ3) is 6.39. The van der Waals surface area contributed by atoms with Crippen LogP contribution in [0.1, 0.15) is 11.1 Å². The highest BCUT2D eigenvalue weighted by atomic mass is 16.3. The molecule has 0 saturated carbocycles. The van der Waals surface area contributed by atoms with Gasteiger partial charge in [-0.05, 0) is 80.1 Å². The minimum Gasteiger partial charge on any atom is -0.456 e. The van der Waals surface area contributed by atoms with E-state index < -0.39 is 0 Å². The lowest BCUT2D eigenvalue weighted by molar-refractivity contribution is 0.669. The van der Waals surface area contributed by atoms with Gasteiger partial charge in [-0.2, -0.15) is 0 Å². The molecule has 16 aromatic rings. The molecular weight excluding hydrogens is 931 g/mol. The van der Waals surface area contributed by atoms with Crippen molar-refractivity contribution in [3.05, 3.63) is 236 Å². The van der Waals surface area contributed by atoms with Gasteiger partial charge >= 0.3 is 0 Å². The Balaban J connectivity index is 0.929. The van der Waals surface area contributed by atoms with Crippen LogP contribution in [0.3, 0.4) is 0 Å². The molecule has 0 bridgehead atoms. The Bertz CT molecular complexity index is 4750. The summed E-state index contributed by atoms with van der Waals surface area (Å²) in [6, 6.07) is 77.4. The molecule has 76 heavy (non-hydrogen) atoms. The van der Waals surface area contributed by atoms with Gasteiger partial charge < -0.3 is 18.0 Å². The molecule has 0 saturated heterocycles. The molecule has 0 aliphatic heterocycles. The zero-order valence-electron chi connectivity index (χ0n) is 41.4. The van der Waals surface area contributed by atoms with Gasteiger partial charge in [-0.1, -0.05) is 157 Å². The molecular formula is C69H43N5O2. The summed E-state index contributed by atoms with van der Waals surface area (Å²) in [5, 5.41) is 9.11. The van der Waals surface area contributed by atoms with Gasteiger partial charge in [0.2, 0.25) is 0 Å². The normalized spacial score (nSPS) is 12.1. The molecule has 0 atom stereocenters. The standard InChI is InChI=1S/C69H43N5O2/c1-40-25-29-42(30-26-40)66-67(43-31-27-41(2)28-32-43)72-69-65(45-14-12-16-47(34-45)74-58-22-8-4-18-49(58)53-36-55-51-20-6-10-24-62(51)76-64(55)38-60(53)74)70-39-56(68(69)71-66)44-13-11-15-46(33-44)73-57-21-7-3-17-48(57)52-35-54-50-19-5-9-23-61(50)75-63(54)37-59(52)73/h3-39H,1-2H3. The number of hydrogen-bond acceptors (Lipinski definition) is 5. The first kappa shape index (κ1) is 42.4. The number of aromatic nitrogens is 5. The smallest absolute Gasteiger partial charge is 0.137 e. The van der Waals surface area contributed by atoms with Crippen LogP contribution in [-0.4, -0.2) is 24.1 Å². The van der Waals surface area contributed by atoms with E-state index in [0.717, 1.165) is 133 Å². The topological polar surface area (TPSA) is 74.8 Å². The summed E-state index contributed by atoms with van der Waals surface area (Å²) in [6.07, 6.45) is 1.99. The fraction of sp³-hybridized carbons (Fsp3) is 0.0290. The quantitative estimate of drug-likeness (QED) is 0.166. The summed E-state index contributed by atoms with van der Waals surface area (Å²) in [5.74, 6) is 0. The highest BCUT2D eigenvalue weighted by Crippen LogP contribution is 2.43. The van der Waals surface area contributed by atoms with Crippen LogP contribution in [0.5, 0.6) is 0 Å². The molecule has 16 rings (SSSR count). The molecule has 0 spiro atoms. The number of para-hydroxylation sites is 4. The number of nitrogens with zero attached hydrogens (tertiary/aromatic N) is 5. The van der Waals surface area contributed by atoms with E-state index in [0.29, 0.717) is 5.52 Å². The average Bonchev–Trinajstić information content (AvgIpc) is 4.32. The number of furan rings is 2. The summed E-state index contributed by atoms with van der Waals surface area (Å²) in [4.78, 5) is 16.9. The van der Waals surface area contributed by atoms with E-state index in [1.165, 1.54) is 27.3 Å². The maximum Gasteiger partial charge on any atom is 0.137 e. The summed E-state index contributed by atoms with van der Waals surface area (Å²) in [5.41, 5.74) is 20.7. The summed E-state index contributed by atoms with van der Waals surface area (Å²) >= 11 is 0. The molecule has 0 radical (unpaired) electrons. The van der Waals surface area contributed by atoms with E-state index in [9.17, 15) is 0 Å². The molecule has 0 fully saturated rings. The molecule has 6 heterocycles. The van der Waals surface area contributed by atoms with E-state index in [1.54, 1.807) is 0 Å². The summed E-state index contributed by atoms with van der Waals surface area (Å²) in [7, 11) is 0. The van der Waals surface area contributed by atoms with E-state index in [2.05, 4.69) is 217 Å². The Hall–Kier alpha value is -10.1. The van der Waals surface area contributed by atoms with Crippen LogP contribution in [0.25, 0.3) is 155 Å². The van der Waals surface area contributed by atoms with Gasteiger partial charge in [-0.15, -0.1) is 0 Å². The molecule has 6 aromatic heterocycles. The zero-order valence-corrected chi connectivity index (χ0v) is 41.4. The van der Waals surface area contributed by atoms with Crippen LogP contribution in [0.15, 0.2) is 233 Å². The first-order valence-electron chi connectivity index (χ1n) is 25.7. The van der Waals surface area contributed by atoms with Crippen LogP contribution in [-0.2, 0) is 0 Å². The van der Waals surface area contributed by atoms with Crippen LogP contribution in [0.4, 0.5) is 0 Å². The van der Waals surface area contributed by atoms with Gasteiger partial charge in [0.25, 0.3) is 0 Å². The largest absolute Gasteiger partial charge is 0.456 e. The Kier molecular flexibility index (Phi) is 9.04. The fourth-order valence-electron chi connectivity index (χ4n) is 11.8. The lowest BCUT2D eigenvalue weighted by atomic mass is 9.98. The third-order valence-corrected chi connectivity index (χ3v) is 15.5. The van der Waals surface area contributed by atoms with Crippen molar-refractivity contribution in [2.24, 2.45) is 0 Å². The molecule has 0 aliphatic rings. The van der Waals surface area contributed by atoms with Crippen LogP contribution >= 0.6 is 0 Å². The molecule has 7 nitrogen and oxygen atoms in total. The first-order valence-corrected chi connectivity index (χ1v) is 25.7. The van der Waals surface area contributed by atoms with E-state index in [4.69, 9.17) is 23.8 Å². The highest BCUT2D eigenvalue weighted by molar-refractivity contribution is 6.19. The van der Waals surface area contributed by atoms with Crippen molar-refractivity contribution in [3.63, 3.8) is 0 Å². The Morgan fingerprint density at radius 2 is 0.776 bits per heavy atom. The number of aryl methyl sites for hydroxylation is 2. The lowest BCUT2D eigenvalue weighted by Crippen LogP contribution is -2.01. The van der Waals surface area contributed by atoms with Gasteiger partial charge in [-0.25, -0.2) is 9.97 Å². The second-order valence-corrected chi connectivity index (χ2v) is 20.1. The lowest BCUT2D eigenvalue weighted by Gasteiger charge is -2.17. The van der Waals surface area contributed by atoms with E-state index in [-0.39, 0.29) is 0 Å². The number of pyridine rings is 1. The third-order valence-electron chi connectivity index (χ3n) is 15.5. The predicted molar refractivity (Wildman–Crippen MR) is 312 cm³/mol. The van der Waals surface area contributed by atoms with Crippen molar-refractivity contribution >= 4 is 98.5 Å². The van der Waals surface area contributed by atoms with Crippen LogP contribution in [0.2, 0.25) is 0 Å². The van der Waals surface area contributed by atoms with E-state index >= 15 is 0 Å². The summed E-state index contributed by atoms with van der Waals surface area (Å²) < 4.78 is 17.7. The molecule has 7 heteroatoms. The fourth-order valence-corrected chi connectivity index (χ4v) is 11.8. The monoisotopic (exact) mass is 973 g/mol. The highest BCUT2D eigenvalue weighted by Gasteiger charge is 2.23. The Labute approximate surface area is 435 Å². The van der Waals surface area contributed by atoms with E-state index in [1.807, 2.05) is 30.5 Å². The molecule has 0 N–H and O–H groups in total. The zero-order chi connectivity index (χ0) is 50.2. The van der Waals surface area contributed by atoms with Gasteiger partial charge in [0, 0.05) is 95.0 Å². The Morgan fingerprint density at radius 1 is 0.316 bits per heavy atom. The predicted octanol–water partition coefficient (Wildman–Crippen LogP) is 18.3. The van der Waals surface area contributed by atoms with Crippen molar-refractivity contribution < 1.29 is 8.83 Å². The van der Waals surface area contributed by atoms with Gasteiger partial charge in [0.15, 0.2) is 0 Å². The van der Waals surface area contributed by atoms with Crippen LogP contribution in [0, 0.1) is 13.8 Å². The summed E-state index contributed by atoms with van der Waals surface area (Å²) in [6.45, 7) is 4.23. The van der Waals surface area contributed by atoms with Crippen molar-refractivity contribution in [2.75, 3.05) is 0 Å². The molecule has 0 unspecified atom stereocenters.